The quantitative estimate of drug-likeness (QED) is 0.553. The number of ether oxygens (including phenoxy) is 1. The molecule has 1 heterocycles. The Balaban J connectivity index is 1.49. The third kappa shape index (κ3) is 4.38. The van der Waals surface area contributed by atoms with Crippen LogP contribution in [-0.2, 0) is 11.2 Å². The lowest BCUT2D eigenvalue weighted by Gasteiger charge is -2.14. The second-order valence-electron chi connectivity index (χ2n) is 6.83. The summed E-state index contributed by atoms with van der Waals surface area (Å²) in [5.41, 5.74) is 3.41. The fourth-order valence-electron chi connectivity index (χ4n) is 3.57. The first-order chi connectivity index (χ1) is 14.7. The van der Waals surface area contributed by atoms with E-state index >= 15 is 0 Å². The standard InChI is InChI=1S/C21H15F3N2O4S/c22-21(23,24)9-16-25-17(19(27)28)18(31-16)26-20(29)30-10-15-13-7-3-1-5-11(13)12-6-2-4-8-14(12)15/h1-8,15H,9-10H2,(H,26,29)(H,27,28). The number of anilines is 1. The molecule has 2 aromatic carbocycles. The summed E-state index contributed by atoms with van der Waals surface area (Å²) < 4.78 is 43.1. The molecule has 0 spiro atoms. The van der Waals surface area contributed by atoms with Crippen molar-refractivity contribution >= 4 is 28.4 Å². The highest BCUT2D eigenvalue weighted by Gasteiger charge is 2.32. The van der Waals surface area contributed by atoms with Crippen LogP contribution < -0.4 is 5.32 Å². The molecule has 3 aromatic rings. The topological polar surface area (TPSA) is 88.5 Å². The number of carboxylic acids is 1. The maximum Gasteiger partial charge on any atom is 0.412 e. The molecular formula is C21H15F3N2O4S. The summed E-state index contributed by atoms with van der Waals surface area (Å²) in [6, 6.07) is 15.4. The number of carboxylic acid groups (broad SMARTS) is 1. The molecule has 0 saturated carbocycles. The number of aromatic carboxylic acids is 1. The number of benzene rings is 2. The summed E-state index contributed by atoms with van der Waals surface area (Å²) >= 11 is 0.454. The van der Waals surface area contributed by atoms with Crippen LogP contribution in [0, 0.1) is 0 Å². The highest BCUT2D eigenvalue weighted by Crippen LogP contribution is 2.44. The molecule has 1 aliphatic rings. The molecule has 160 valence electrons. The zero-order valence-corrected chi connectivity index (χ0v) is 16.6. The van der Waals surface area contributed by atoms with Crippen LogP contribution in [0.5, 0.6) is 0 Å². The number of hydrogen-bond donors (Lipinski definition) is 2. The van der Waals surface area contributed by atoms with Crippen LogP contribution in [-0.4, -0.2) is 34.9 Å². The van der Waals surface area contributed by atoms with Gasteiger partial charge in [0.05, 0.1) is 6.42 Å². The molecule has 0 fully saturated rings. The Bertz CT molecular complexity index is 1110. The third-order valence-corrected chi connectivity index (χ3v) is 5.76. The Morgan fingerprint density at radius 1 is 1.06 bits per heavy atom. The second kappa shape index (κ2) is 8.03. The van der Waals surface area contributed by atoms with E-state index in [1.54, 1.807) is 0 Å². The van der Waals surface area contributed by atoms with Crippen LogP contribution in [0.3, 0.4) is 0 Å². The molecule has 2 N–H and O–H groups in total. The van der Waals surface area contributed by atoms with Crippen molar-refractivity contribution in [2.75, 3.05) is 11.9 Å². The zero-order valence-electron chi connectivity index (χ0n) is 15.8. The van der Waals surface area contributed by atoms with Crippen LogP contribution in [0.1, 0.15) is 32.5 Å². The number of alkyl halides is 3. The molecule has 0 aliphatic heterocycles. The van der Waals surface area contributed by atoms with E-state index in [0.717, 1.165) is 22.3 Å². The van der Waals surface area contributed by atoms with Crippen molar-refractivity contribution in [1.82, 2.24) is 4.98 Å². The normalized spacial score (nSPS) is 12.9. The molecule has 6 nitrogen and oxygen atoms in total. The number of amides is 1. The van der Waals surface area contributed by atoms with E-state index in [9.17, 15) is 27.9 Å². The van der Waals surface area contributed by atoms with E-state index in [1.165, 1.54) is 0 Å². The van der Waals surface area contributed by atoms with Gasteiger partial charge in [0.1, 0.15) is 16.6 Å². The first-order valence-electron chi connectivity index (χ1n) is 9.14. The Hall–Kier alpha value is -3.40. The van der Waals surface area contributed by atoms with E-state index < -0.39 is 35.4 Å². The van der Waals surface area contributed by atoms with Gasteiger partial charge in [-0.2, -0.15) is 13.2 Å². The van der Waals surface area contributed by atoms with Crippen molar-refractivity contribution in [2.24, 2.45) is 0 Å². The molecule has 0 saturated heterocycles. The maximum atomic E-state index is 12.6. The summed E-state index contributed by atoms with van der Waals surface area (Å²) in [7, 11) is 0. The Labute approximate surface area is 178 Å². The van der Waals surface area contributed by atoms with Gasteiger partial charge < -0.3 is 9.84 Å². The molecule has 1 amide bonds. The van der Waals surface area contributed by atoms with E-state index in [-0.39, 0.29) is 17.5 Å². The molecule has 0 atom stereocenters. The van der Waals surface area contributed by atoms with E-state index in [4.69, 9.17) is 4.74 Å². The van der Waals surface area contributed by atoms with Crippen molar-refractivity contribution in [2.45, 2.75) is 18.5 Å². The number of halogens is 3. The van der Waals surface area contributed by atoms with Crippen LogP contribution in [0.4, 0.5) is 23.0 Å². The van der Waals surface area contributed by atoms with E-state index in [2.05, 4.69) is 10.3 Å². The van der Waals surface area contributed by atoms with Crippen LogP contribution >= 0.6 is 11.3 Å². The predicted molar refractivity (Wildman–Crippen MR) is 108 cm³/mol. The van der Waals surface area contributed by atoms with Gasteiger partial charge in [0, 0.05) is 5.92 Å². The number of hydrogen-bond acceptors (Lipinski definition) is 5. The number of nitrogens with zero attached hydrogens (tertiary/aromatic N) is 1. The second-order valence-corrected chi connectivity index (χ2v) is 7.92. The summed E-state index contributed by atoms with van der Waals surface area (Å²) in [5, 5.41) is 10.6. The molecule has 10 heteroatoms. The minimum absolute atomic E-state index is 0.0174. The lowest BCUT2D eigenvalue weighted by atomic mass is 9.98. The maximum absolute atomic E-state index is 12.6. The number of fused-ring (bicyclic) bond motifs is 3. The lowest BCUT2D eigenvalue weighted by molar-refractivity contribution is -0.127. The number of carbonyl (C=O) groups is 2. The Morgan fingerprint density at radius 3 is 2.19 bits per heavy atom. The average Bonchev–Trinajstić information content (AvgIpc) is 3.24. The van der Waals surface area contributed by atoms with Gasteiger partial charge in [-0.3, -0.25) is 5.32 Å². The van der Waals surface area contributed by atoms with E-state index in [1.807, 2.05) is 48.5 Å². The number of rotatable bonds is 5. The van der Waals surface area contributed by atoms with Gasteiger partial charge in [-0.05, 0) is 22.3 Å². The molecule has 0 radical (unpaired) electrons. The van der Waals surface area contributed by atoms with Gasteiger partial charge in [0.2, 0.25) is 0 Å². The molecule has 0 bridgehead atoms. The SMILES string of the molecule is O=C(Nc1sc(CC(F)(F)F)nc1C(=O)O)OCC1c2ccccc2-c2ccccc21. The molecule has 4 rings (SSSR count). The van der Waals surface area contributed by atoms with E-state index in [0.29, 0.717) is 11.3 Å². The van der Waals surface area contributed by atoms with Crippen molar-refractivity contribution in [3.8, 4) is 11.1 Å². The Morgan fingerprint density at radius 2 is 1.65 bits per heavy atom. The number of carbonyl (C=O) groups excluding carboxylic acids is 1. The minimum Gasteiger partial charge on any atom is -0.476 e. The smallest absolute Gasteiger partial charge is 0.412 e. The number of aromatic nitrogens is 1. The zero-order chi connectivity index (χ0) is 22.2. The summed E-state index contributed by atoms with van der Waals surface area (Å²) in [5.74, 6) is -1.75. The van der Waals surface area contributed by atoms with Gasteiger partial charge in [0.25, 0.3) is 0 Å². The minimum atomic E-state index is -4.55. The van der Waals surface area contributed by atoms with Crippen molar-refractivity contribution in [1.29, 1.82) is 0 Å². The van der Waals surface area contributed by atoms with Crippen LogP contribution in [0.15, 0.2) is 48.5 Å². The van der Waals surface area contributed by atoms with Crippen LogP contribution in [0.2, 0.25) is 0 Å². The van der Waals surface area contributed by atoms with Gasteiger partial charge in [-0.15, -0.1) is 0 Å². The fourth-order valence-corrected chi connectivity index (χ4v) is 4.54. The first kappa shape index (κ1) is 20.9. The number of nitrogens with one attached hydrogen (secondary N) is 1. The molecule has 1 aromatic heterocycles. The lowest BCUT2D eigenvalue weighted by Crippen LogP contribution is -2.18. The van der Waals surface area contributed by atoms with Crippen LogP contribution in [0.25, 0.3) is 11.1 Å². The molecule has 0 unspecified atom stereocenters. The summed E-state index contributed by atoms with van der Waals surface area (Å²) in [4.78, 5) is 27.1. The summed E-state index contributed by atoms with van der Waals surface area (Å²) in [6.07, 6.45) is -6.90. The highest BCUT2D eigenvalue weighted by atomic mass is 32.1. The predicted octanol–water partition coefficient (Wildman–Crippen LogP) is 5.31. The highest BCUT2D eigenvalue weighted by molar-refractivity contribution is 7.16. The van der Waals surface area contributed by atoms with Gasteiger partial charge in [0.15, 0.2) is 5.69 Å². The average molecular weight is 448 g/mol. The van der Waals surface area contributed by atoms with Gasteiger partial charge >= 0.3 is 18.2 Å². The van der Waals surface area contributed by atoms with Crippen molar-refractivity contribution in [3.63, 3.8) is 0 Å². The monoisotopic (exact) mass is 448 g/mol. The fraction of sp³-hybridized carbons (Fsp3) is 0.190. The van der Waals surface area contributed by atoms with Gasteiger partial charge in [-0.1, -0.05) is 59.9 Å². The van der Waals surface area contributed by atoms with Crippen molar-refractivity contribution in [3.05, 3.63) is 70.4 Å². The molecule has 1 aliphatic carbocycles. The first-order valence-corrected chi connectivity index (χ1v) is 9.96. The number of thiazole rings is 1. The third-order valence-electron chi connectivity index (χ3n) is 4.78. The summed E-state index contributed by atoms with van der Waals surface area (Å²) in [6.45, 7) is -0.0174. The molecular weight excluding hydrogens is 433 g/mol. The van der Waals surface area contributed by atoms with Crippen molar-refractivity contribution < 1.29 is 32.6 Å². The molecule has 31 heavy (non-hydrogen) atoms. The van der Waals surface area contributed by atoms with Gasteiger partial charge in [-0.25, -0.2) is 14.6 Å². The Kier molecular flexibility index (Phi) is 5.40. The largest absolute Gasteiger partial charge is 0.476 e.